The van der Waals surface area contributed by atoms with Gasteiger partial charge in [-0.25, -0.2) is 9.48 Å². The number of anilines is 2. The third-order valence-electron chi connectivity index (χ3n) is 3.89. The number of benzene rings is 2. The number of carbonyl (C=O) groups excluding carboxylic acids is 1. The van der Waals surface area contributed by atoms with Crippen molar-refractivity contribution in [3.8, 4) is 5.69 Å². The van der Waals surface area contributed by atoms with Crippen LogP contribution in [0.25, 0.3) is 5.69 Å². The number of nitrogens with one attached hydrogen (secondary N) is 2. The molecule has 0 saturated heterocycles. The number of rotatable bonds is 3. The molecule has 0 bridgehead atoms. The molecule has 1 aliphatic rings. The van der Waals surface area contributed by atoms with Crippen LogP contribution in [0.2, 0.25) is 5.02 Å². The minimum Gasteiger partial charge on any atom is -0.308 e. The first kappa shape index (κ1) is 16.1. The Balaban J connectivity index is 1.64. The van der Waals surface area contributed by atoms with Gasteiger partial charge >= 0.3 is 6.03 Å². The van der Waals surface area contributed by atoms with Gasteiger partial charge in [0.25, 0.3) is 0 Å². The van der Waals surface area contributed by atoms with Crippen molar-refractivity contribution in [3.63, 3.8) is 0 Å². The molecule has 5 nitrogen and oxygen atoms in total. The van der Waals surface area contributed by atoms with Crippen molar-refractivity contribution in [2.45, 2.75) is 11.5 Å². The van der Waals surface area contributed by atoms with Crippen LogP contribution < -0.4 is 10.6 Å². The molecule has 1 aliphatic heterocycles. The van der Waals surface area contributed by atoms with E-state index in [0.29, 0.717) is 10.8 Å². The number of urea groups is 1. The van der Waals surface area contributed by atoms with Crippen molar-refractivity contribution in [3.05, 3.63) is 70.9 Å². The van der Waals surface area contributed by atoms with Gasteiger partial charge < -0.3 is 5.32 Å². The predicted molar refractivity (Wildman–Crippen MR) is 103 cm³/mol. The topological polar surface area (TPSA) is 59.0 Å². The average Bonchev–Trinajstić information content (AvgIpc) is 3.19. The standard InChI is InChI=1S/C18H15ClN4OS/c19-12-6-8-14(9-7-12)23-17(15-10-25-11-16(15)22-23)21-18(24)20-13-4-2-1-3-5-13/h1-9H,10-11H2,(H2,20,21,24). The molecular formula is C18H15ClN4OS. The zero-order valence-electron chi connectivity index (χ0n) is 13.2. The minimum atomic E-state index is -0.291. The molecule has 0 saturated carbocycles. The second-order valence-electron chi connectivity index (χ2n) is 5.60. The summed E-state index contributed by atoms with van der Waals surface area (Å²) in [5.41, 5.74) is 3.68. The van der Waals surface area contributed by atoms with Crippen molar-refractivity contribution in [1.29, 1.82) is 0 Å². The molecule has 25 heavy (non-hydrogen) atoms. The van der Waals surface area contributed by atoms with E-state index in [1.165, 1.54) is 0 Å². The fraction of sp³-hybridized carbons (Fsp3) is 0.111. The Kier molecular flexibility index (Phi) is 4.38. The molecule has 0 unspecified atom stereocenters. The summed E-state index contributed by atoms with van der Waals surface area (Å²) in [5.74, 6) is 2.39. The highest BCUT2D eigenvalue weighted by Gasteiger charge is 2.24. The van der Waals surface area contributed by atoms with E-state index in [1.54, 1.807) is 16.4 Å². The number of aromatic nitrogens is 2. The van der Waals surface area contributed by atoms with Crippen LogP contribution in [0.5, 0.6) is 0 Å². The van der Waals surface area contributed by atoms with Gasteiger partial charge in [-0.1, -0.05) is 29.8 Å². The van der Waals surface area contributed by atoms with E-state index < -0.39 is 0 Å². The van der Waals surface area contributed by atoms with Gasteiger partial charge in [-0.15, -0.1) is 0 Å². The normalized spacial score (nSPS) is 12.7. The van der Waals surface area contributed by atoms with Crippen molar-refractivity contribution in [1.82, 2.24) is 9.78 Å². The second kappa shape index (κ2) is 6.82. The molecule has 0 radical (unpaired) electrons. The maximum Gasteiger partial charge on any atom is 0.324 e. The molecule has 7 heteroatoms. The SMILES string of the molecule is O=C(Nc1ccccc1)Nc1c2c(nn1-c1ccc(Cl)cc1)CSC2. The van der Waals surface area contributed by atoms with Gasteiger partial charge in [0.15, 0.2) is 0 Å². The molecule has 0 atom stereocenters. The Labute approximate surface area is 154 Å². The summed E-state index contributed by atoms with van der Waals surface area (Å²) < 4.78 is 1.77. The monoisotopic (exact) mass is 370 g/mol. The van der Waals surface area contributed by atoms with Gasteiger partial charge in [-0.2, -0.15) is 16.9 Å². The first-order valence-electron chi connectivity index (χ1n) is 7.78. The van der Waals surface area contributed by atoms with Gasteiger partial charge in [0, 0.05) is 27.8 Å². The van der Waals surface area contributed by atoms with E-state index in [1.807, 2.05) is 54.6 Å². The van der Waals surface area contributed by atoms with Crippen LogP contribution in [0, 0.1) is 0 Å². The fourth-order valence-electron chi connectivity index (χ4n) is 2.70. The van der Waals surface area contributed by atoms with Crippen LogP contribution in [0.4, 0.5) is 16.3 Å². The van der Waals surface area contributed by atoms with Crippen LogP contribution in [0.3, 0.4) is 0 Å². The molecule has 0 spiro atoms. The molecule has 4 rings (SSSR count). The van der Waals surface area contributed by atoms with E-state index in [9.17, 15) is 4.79 Å². The predicted octanol–water partition coefficient (Wildman–Crippen LogP) is 4.92. The molecule has 2 N–H and O–H groups in total. The van der Waals surface area contributed by atoms with E-state index in [2.05, 4.69) is 15.7 Å². The Morgan fingerprint density at radius 1 is 1.04 bits per heavy atom. The molecular weight excluding hydrogens is 356 g/mol. The number of nitrogens with zero attached hydrogens (tertiary/aromatic N) is 2. The summed E-state index contributed by atoms with van der Waals surface area (Å²) in [6, 6.07) is 16.5. The summed E-state index contributed by atoms with van der Waals surface area (Å²) in [4.78, 5) is 12.4. The summed E-state index contributed by atoms with van der Waals surface area (Å²) >= 11 is 7.77. The lowest BCUT2D eigenvalue weighted by molar-refractivity contribution is 0.262. The molecule has 0 aliphatic carbocycles. The zero-order chi connectivity index (χ0) is 17.2. The van der Waals surface area contributed by atoms with E-state index >= 15 is 0 Å². The number of thioether (sulfide) groups is 1. The number of amides is 2. The van der Waals surface area contributed by atoms with Crippen LogP contribution in [-0.2, 0) is 11.5 Å². The third kappa shape index (κ3) is 3.36. The van der Waals surface area contributed by atoms with Crippen LogP contribution in [0.15, 0.2) is 54.6 Å². The Bertz CT molecular complexity index is 909. The van der Waals surface area contributed by atoms with Gasteiger partial charge in [-0.3, -0.25) is 5.32 Å². The first-order chi connectivity index (χ1) is 12.2. The Morgan fingerprint density at radius 2 is 1.80 bits per heavy atom. The van der Waals surface area contributed by atoms with E-state index in [0.717, 1.165) is 34.1 Å². The highest BCUT2D eigenvalue weighted by molar-refractivity contribution is 7.98. The summed E-state index contributed by atoms with van der Waals surface area (Å²) in [6.45, 7) is 0. The minimum absolute atomic E-state index is 0.291. The highest BCUT2D eigenvalue weighted by Crippen LogP contribution is 2.36. The highest BCUT2D eigenvalue weighted by atomic mass is 35.5. The van der Waals surface area contributed by atoms with E-state index in [4.69, 9.17) is 11.6 Å². The molecule has 2 aromatic carbocycles. The number of hydrogen-bond donors (Lipinski definition) is 2. The van der Waals surface area contributed by atoms with Gasteiger partial charge in [0.2, 0.25) is 0 Å². The quantitative estimate of drug-likeness (QED) is 0.688. The lowest BCUT2D eigenvalue weighted by atomic mass is 10.2. The number of carbonyl (C=O) groups is 1. The molecule has 2 heterocycles. The van der Waals surface area contributed by atoms with Gasteiger partial charge in [0.1, 0.15) is 5.82 Å². The molecule has 2 amide bonds. The summed E-state index contributed by atoms with van der Waals surface area (Å²) in [5, 5.41) is 11.1. The third-order valence-corrected chi connectivity index (χ3v) is 5.11. The van der Waals surface area contributed by atoms with Crippen molar-refractivity contribution in [2.75, 3.05) is 10.6 Å². The number of para-hydroxylation sites is 1. The zero-order valence-corrected chi connectivity index (χ0v) is 14.8. The van der Waals surface area contributed by atoms with Crippen LogP contribution in [-0.4, -0.2) is 15.8 Å². The smallest absolute Gasteiger partial charge is 0.308 e. The fourth-order valence-corrected chi connectivity index (χ4v) is 3.86. The van der Waals surface area contributed by atoms with Crippen LogP contribution >= 0.6 is 23.4 Å². The lowest BCUT2D eigenvalue weighted by Gasteiger charge is -2.12. The molecule has 0 fully saturated rings. The lowest BCUT2D eigenvalue weighted by Crippen LogP contribution is -2.22. The van der Waals surface area contributed by atoms with Crippen molar-refractivity contribution >= 4 is 40.9 Å². The van der Waals surface area contributed by atoms with Crippen LogP contribution in [0.1, 0.15) is 11.3 Å². The van der Waals surface area contributed by atoms with Gasteiger partial charge in [0.05, 0.1) is 11.4 Å². The Morgan fingerprint density at radius 3 is 2.56 bits per heavy atom. The molecule has 1 aromatic heterocycles. The maximum absolute atomic E-state index is 12.4. The summed E-state index contributed by atoms with van der Waals surface area (Å²) in [6.07, 6.45) is 0. The molecule has 126 valence electrons. The molecule has 3 aromatic rings. The maximum atomic E-state index is 12.4. The Hall–Kier alpha value is -2.44. The number of hydrogen-bond acceptors (Lipinski definition) is 3. The summed E-state index contributed by atoms with van der Waals surface area (Å²) in [7, 11) is 0. The first-order valence-corrected chi connectivity index (χ1v) is 9.31. The number of fused-ring (bicyclic) bond motifs is 1. The van der Waals surface area contributed by atoms with Crippen molar-refractivity contribution < 1.29 is 4.79 Å². The van der Waals surface area contributed by atoms with E-state index in [-0.39, 0.29) is 6.03 Å². The average molecular weight is 371 g/mol. The number of halogens is 1. The largest absolute Gasteiger partial charge is 0.324 e. The second-order valence-corrected chi connectivity index (χ2v) is 7.02. The van der Waals surface area contributed by atoms with Gasteiger partial charge in [-0.05, 0) is 36.4 Å². The van der Waals surface area contributed by atoms with Crippen molar-refractivity contribution in [2.24, 2.45) is 0 Å².